The third-order valence-electron chi connectivity index (χ3n) is 5.00. The molecule has 2 saturated heterocycles. The summed E-state index contributed by atoms with van der Waals surface area (Å²) in [7, 11) is 0. The molecular formula is C14H26N2O2. The van der Waals surface area contributed by atoms with E-state index in [1.165, 1.54) is 19.4 Å². The number of hydrogen-bond acceptors (Lipinski definition) is 3. The second kappa shape index (κ2) is 5.57. The molecule has 0 aliphatic carbocycles. The van der Waals surface area contributed by atoms with Crippen LogP contribution in [0.2, 0.25) is 0 Å². The minimum absolute atomic E-state index is 0.541. The molecule has 1 atom stereocenters. The van der Waals surface area contributed by atoms with E-state index in [1.54, 1.807) is 0 Å². The fraction of sp³-hybridized carbons (Fsp3) is 0.929. The Bertz CT molecular complexity index is 302. The number of aliphatic carboxylic acids is 1. The van der Waals surface area contributed by atoms with E-state index in [9.17, 15) is 9.90 Å². The molecule has 0 aromatic heterocycles. The van der Waals surface area contributed by atoms with Crippen molar-refractivity contribution in [3.05, 3.63) is 0 Å². The van der Waals surface area contributed by atoms with Gasteiger partial charge in [-0.3, -0.25) is 14.6 Å². The van der Waals surface area contributed by atoms with Crippen LogP contribution in [0.5, 0.6) is 0 Å². The normalized spacial score (nSPS) is 26.2. The van der Waals surface area contributed by atoms with Gasteiger partial charge in [0.15, 0.2) is 0 Å². The Morgan fingerprint density at radius 2 is 2.00 bits per heavy atom. The third kappa shape index (κ3) is 2.54. The van der Waals surface area contributed by atoms with E-state index < -0.39 is 11.4 Å². The number of piperazine rings is 1. The van der Waals surface area contributed by atoms with Crippen molar-refractivity contribution in [1.82, 2.24) is 9.80 Å². The van der Waals surface area contributed by atoms with Crippen LogP contribution in [-0.4, -0.2) is 59.6 Å². The van der Waals surface area contributed by atoms with Gasteiger partial charge in [0.1, 0.15) is 0 Å². The molecule has 2 aliphatic heterocycles. The van der Waals surface area contributed by atoms with Crippen LogP contribution in [0.15, 0.2) is 0 Å². The van der Waals surface area contributed by atoms with Crippen molar-refractivity contribution >= 4 is 5.97 Å². The van der Waals surface area contributed by atoms with Crippen LogP contribution in [-0.2, 0) is 4.79 Å². The van der Waals surface area contributed by atoms with Gasteiger partial charge in [0.25, 0.3) is 0 Å². The van der Waals surface area contributed by atoms with E-state index in [0.717, 1.165) is 39.0 Å². The summed E-state index contributed by atoms with van der Waals surface area (Å²) in [5.41, 5.74) is -0.541. The van der Waals surface area contributed by atoms with Gasteiger partial charge < -0.3 is 5.11 Å². The molecule has 1 N–H and O–H groups in total. The lowest BCUT2D eigenvalue weighted by Gasteiger charge is -2.41. The van der Waals surface area contributed by atoms with Crippen LogP contribution < -0.4 is 0 Å². The molecule has 0 bridgehead atoms. The Morgan fingerprint density at radius 1 is 1.28 bits per heavy atom. The van der Waals surface area contributed by atoms with E-state index in [1.807, 2.05) is 13.8 Å². The molecule has 2 fully saturated rings. The lowest BCUT2D eigenvalue weighted by atomic mass is 9.81. The number of rotatable bonds is 5. The lowest BCUT2D eigenvalue weighted by Crippen LogP contribution is -2.54. The Labute approximate surface area is 110 Å². The molecule has 4 heteroatoms. The number of carboxylic acids is 1. The van der Waals surface area contributed by atoms with Crippen LogP contribution >= 0.6 is 0 Å². The summed E-state index contributed by atoms with van der Waals surface area (Å²) < 4.78 is 0. The average Bonchev–Trinajstić information content (AvgIpc) is 2.83. The number of hydrogen-bond donors (Lipinski definition) is 1. The van der Waals surface area contributed by atoms with E-state index in [-0.39, 0.29) is 0 Å². The number of fused-ring (bicyclic) bond motifs is 1. The van der Waals surface area contributed by atoms with Gasteiger partial charge in [-0.05, 0) is 32.2 Å². The summed E-state index contributed by atoms with van der Waals surface area (Å²) >= 11 is 0. The molecule has 104 valence electrons. The summed E-state index contributed by atoms with van der Waals surface area (Å²) in [6.07, 6.45) is 4.05. The first-order chi connectivity index (χ1) is 8.61. The maximum atomic E-state index is 11.5. The Morgan fingerprint density at radius 3 is 2.61 bits per heavy atom. The lowest BCUT2D eigenvalue weighted by molar-refractivity contribution is -0.151. The molecule has 1 unspecified atom stereocenters. The van der Waals surface area contributed by atoms with Gasteiger partial charge in [0.2, 0.25) is 0 Å². The first-order valence-electron chi connectivity index (χ1n) is 7.31. The quantitative estimate of drug-likeness (QED) is 0.810. The van der Waals surface area contributed by atoms with E-state index in [0.29, 0.717) is 6.04 Å². The maximum Gasteiger partial charge on any atom is 0.310 e. The second-order valence-electron chi connectivity index (χ2n) is 5.86. The first kappa shape index (κ1) is 13.8. The Kier molecular flexibility index (Phi) is 4.28. The van der Waals surface area contributed by atoms with Gasteiger partial charge in [0.05, 0.1) is 5.41 Å². The van der Waals surface area contributed by atoms with Crippen molar-refractivity contribution in [3.8, 4) is 0 Å². The van der Waals surface area contributed by atoms with Crippen molar-refractivity contribution in [2.75, 3.05) is 32.7 Å². The van der Waals surface area contributed by atoms with Crippen LogP contribution in [0, 0.1) is 5.41 Å². The molecule has 0 spiro atoms. The molecular weight excluding hydrogens is 228 g/mol. The molecule has 4 nitrogen and oxygen atoms in total. The Hall–Kier alpha value is -0.610. The van der Waals surface area contributed by atoms with Gasteiger partial charge in [-0.15, -0.1) is 0 Å². The van der Waals surface area contributed by atoms with Crippen molar-refractivity contribution in [2.24, 2.45) is 5.41 Å². The summed E-state index contributed by atoms with van der Waals surface area (Å²) in [6.45, 7) is 9.19. The zero-order valence-electron chi connectivity index (χ0n) is 11.7. The largest absolute Gasteiger partial charge is 0.481 e. The highest BCUT2D eigenvalue weighted by Gasteiger charge is 2.39. The molecule has 18 heavy (non-hydrogen) atoms. The van der Waals surface area contributed by atoms with Crippen molar-refractivity contribution in [1.29, 1.82) is 0 Å². The number of carbonyl (C=O) groups is 1. The monoisotopic (exact) mass is 254 g/mol. The smallest absolute Gasteiger partial charge is 0.310 e. The molecule has 2 heterocycles. The van der Waals surface area contributed by atoms with E-state index in [4.69, 9.17) is 0 Å². The predicted molar refractivity (Wildman–Crippen MR) is 71.7 cm³/mol. The SMILES string of the molecule is CCC(CC)(CN1CCN2CCCC2C1)C(=O)O. The van der Waals surface area contributed by atoms with Gasteiger partial charge in [0, 0.05) is 32.2 Å². The van der Waals surface area contributed by atoms with E-state index in [2.05, 4.69) is 9.80 Å². The summed E-state index contributed by atoms with van der Waals surface area (Å²) in [4.78, 5) is 16.5. The summed E-state index contributed by atoms with van der Waals surface area (Å²) in [6, 6.07) is 0.680. The topological polar surface area (TPSA) is 43.8 Å². The molecule has 2 aliphatic rings. The zero-order valence-corrected chi connectivity index (χ0v) is 11.7. The molecule has 0 aromatic rings. The van der Waals surface area contributed by atoms with Crippen molar-refractivity contribution < 1.29 is 9.90 Å². The summed E-state index contributed by atoms with van der Waals surface area (Å²) in [5, 5.41) is 9.50. The standard InChI is InChI=1S/C14H26N2O2/c1-3-14(4-2,13(17)18)11-15-8-9-16-7-5-6-12(16)10-15/h12H,3-11H2,1-2H3,(H,17,18). The minimum atomic E-state index is -0.624. The van der Waals surface area contributed by atoms with Gasteiger partial charge >= 0.3 is 5.97 Å². The van der Waals surface area contributed by atoms with Crippen molar-refractivity contribution in [3.63, 3.8) is 0 Å². The summed E-state index contributed by atoms with van der Waals surface area (Å²) in [5.74, 6) is -0.624. The molecule has 0 saturated carbocycles. The van der Waals surface area contributed by atoms with Crippen LogP contribution in [0.25, 0.3) is 0 Å². The zero-order chi connectivity index (χ0) is 13.2. The Balaban J connectivity index is 1.97. The van der Waals surface area contributed by atoms with Crippen molar-refractivity contribution in [2.45, 2.75) is 45.6 Å². The molecule has 2 rings (SSSR count). The third-order valence-corrected chi connectivity index (χ3v) is 5.00. The second-order valence-corrected chi connectivity index (χ2v) is 5.86. The highest BCUT2D eigenvalue weighted by molar-refractivity contribution is 5.74. The fourth-order valence-corrected chi connectivity index (χ4v) is 3.47. The highest BCUT2D eigenvalue weighted by atomic mass is 16.4. The first-order valence-corrected chi connectivity index (χ1v) is 7.31. The molecule has 0 radical (unpaired) electrons. The fourth-order valence-electron chi connectivity index (χ4n) is 3.47. The number of carboxylic acid groups (broad SMARTS) is 1. The average molecular weight is 254 g/mol. The van der Waals surface area contributed by atoms with Gasteiger partial charge in [-0.25, -0.2) is 0 Å². The van der Waals surface area contributed by atoms with Crippen LogP contribution in [0.3, 0.4) is 0 Å². The highest BCUT2D eigenvalue weighted by Crippen LogP contribution is 2.30. The molecule has 0 amide bonds. The maximum absolute atomic E-state index is 11.5. The predicted octanol–water partition coefficient (Wildman–Crippen LogP) is 1.66. The van der Waals surface area contributed by atoms with Crippen LogP contribution in [0.1, 0.15) is 39.5 Å². The number of nitrogens with zero attached hydrogens (tertiary/aromatic N) is 2. The molecule has 0 aromatic carbocycles. The van der Waals surface area contributed by atoms with Gasteiger partial charge in [-0.1, -0.05) is 13.8 Å². The minimum Gasteiger partial charge on any atom is -0.481 e. The van der Waals surface area contributed by atoms with Crippen LogP contribution in [0.4, 0.5) is 0 Å². The van der Waals surface area contributed by atoms with E-state index >= 15 is 0 Å². The van der Waals surface area contributed by atoms with Gasteiger partial charge in [-0.2, -0.15) is 0 Å².